The fourth-order valence-corrected chi connectivity index (χ4v) is 2.24. The molecule has 27 heavy (non-hydrogen) atoms. The number of ether oxygens (including phenoxy) is 2. The average molecular weight is 377 g/mol. The van der Waals surface area contributed by atoms with Gasteiger partial charge in [-0.1, -0.05) is 12.1 Å². The highest BCUT2D eigenvalue weighted by atomic mass is 19.1. The van der Waals surface area contributed by atoms with Crippen molar-refractivity contribution in [2.24, 2.45) is 5.73 Å². The number of aromatic hydroxyl groups is 2. The minimum absolute atomic E-state index is 0.0405. The molecule has 2 rings (SSSR count). The van der Waals surface area contributed by atoms with Crippen LogP contribution in [0.5, 0.6) is 11.5 Å². The van der Waals surface area contributed by atoms with Crippen LogP contribution < -0.4 is 5.73 Å². The van der Waals surface area contributed by atoms with Crippen molar-refractivity contribution in [3.8, 4) is 11.5 Å². The van der Waals surface area contributed by atoms with Crippen molar-refractivity contribution in [1.82, 2.24) is 0 Å². The van der Waals surface area contributed by atoms with Crippen molar-refractivity contribution < 1.29 is 33.7 Å². The first kappa shape index (κ1) is 20.2. The second-order valence-electron chi connectivity index (χ2n) is 5.95. The molecule has 0 aliphatic heterocycles. The lowest BCUT2D eigenvalue weighted by atomic mass is 10.1. The van der Waals surface area contributed by atoms with Crippen LogP contribution in [0.15, 0.2) is 42.5 Å². The van der Waals surface area contributed by atoms with Crippen LogP contribution in [0.2, 0.25) is 0 Å². The summed E-state index contributed by atoms with van der Waals surface area (Å²) < 4.78 is 23.0. The molecule has 0 saturated carbocycles. The minimum atomic E-state index is -1.08. The number of esters is 2. The Balaban J connectivity index is 1.82. The van der Waals surface area contributed by atoms with Crippen LogP contribution in [0.4, 0.5) is 4.39 Å². The molecule has 7 nitrogen and oxygen atoms in total. The third-order valence-corrected chi connectivity index (χ3v) is 3.69. The van der Waals surface area contributed by atoms with Gasteiger partial charge in [0.25, 0.3) is 0 Å². The lowest BCUT2D eigenvalue weighted by Gasteiger charge is -2.17. The Morgan fingerprint density at radius 3 is 2.48 bits per heavy atom. The zero-order valence-corrected chi connectivity index (χ0v) is 14.6. The first-order chi connectivity index (χ1) is 12.8. The number of phenolic OH excluding ortho intramolecular Hbond substituents is 2. The number of hydrogen-bond donors (Lipinski definition) is 3. The Kier molecular flexibility index (Phi) is 6.73. The van der Waals surface area contributed by atoms with Gasteiger partial charge in [0.05, 0.1) is 5.56 Å². The van der Waals surface area contributed by atoms with E-state index in [1.807, 2.05) is 0 Å². The van der Waals surface area contributed by atoms with Crippen LogP contribution in [0.1, 0.15) is 22.8 Å². The summed E-state index contributed by atoms with van der Waals surface area (Å²) in [6.45, 7) is 1.32. The fourth-order valence-electron chi connectivity index (χ4n) is 2.24. The van der Waals surface area contributed by atoms with Crippen LogP contribution in [-0.2, 0) is 20.7 Å². The number of carbonyl (C=O) groups is 2. The van der Waals surface area contributed by atoms with E-state index in [-0.39, 0.29) is 30.1 Å². The monoisotopic (exact) mass is 377 g/mol. The van der Waals surface area contributed by atoms with E-state index in [0.29, 0.717) is 5.56 Å². The Labute approximate surface area is 155 Å². The number of carbonyl (C=O) groups excluding carboxylic acids is 2. The molecule has 2 aromatic carbocycles. The van der Waals surface area contributed by atoms with Gasteiger partial charge in [-0.2, -0.15) is 0 Å². The van der Waals surface area contributed by atoms with E-state index in [0.717, 1.165) is 12.1 Å². The van der Waals surface area contributed by atoms with Crippen molar-refractivity contribution in [3.05, 3.63) is 59.4 Å². The molecular weight excluding hydrogens is 357 g/mol. The van der Waals surface area contributed by atoms with Crippen LogP contribution in [0, 0.1) is 5.82 Å². The number of para-hydroxylation sites is 1. The van der Waals surface area contributed by atoms with Crippen molar-refractivity contribution >= 4 is 11.9 Å². The molecule has 0 unspecified atom stereocenters. The predicted molar refractivity (Wildman–Crippen MR) is 93.7 cm³/mol. The van der Waals surface area contributed by atoms with Gasteiger partial charge in [0, 0.05) is 6.42 Å². The summed E-state index contributed by atoms with van der Waals surface area (Å²) in [5.41, 5.74) is 6.24. The Hall–Kier alpha value is -3.13. The fraction of sp³-hybridized carbons (Fsp3) is 0.263. The van der Waals surface area contributed by atoms with E-state index < -0.39 is 29.9 Å². The van der Waals surface area contributed by atoms with E-state index in [9.17, 15) is 24.2 Å². The van der Waals surface area contributed by atoms with E-state index in [4.69, 9.17) is 15.2 Å². The molecule has 0 aliphatic rings. The third-order valence-electron chi connectivity index (χ3n) is 3.69. The molecule has 144 valence electrons. The number of phenols is 2. The van der Waals surface area contributed by atoms with Gasteiger partial charge >= 0.3 is 11.9 Å². The summed E-state index contributed by atoms with van der Waals surface area (Å²) in [5.74, 6) is -2.55. The van der Waals surface area contributed by atoms with Crippen LogP contribution >= 0.6 is 0 Å². The van der Waals surface area contributed by atoms with Crippen LogP contribution in [0.25, 0.3) is 0 Å². The SMILES string of the molecule is C[C@H](COC(=O)c1ccc(F)cc1)OC(=O)[C@@H](N)Cc1cccc(O)c1O. The highest BCUT2D eigenvalue weighted by Gasteiger charge is 2.21. The molecule has 0 heterocycles. The highest BCUT2D eigenvalue weighted by molar-refractivity contribution is 5.89. The van der Waals surface area contributed by atoms with Gasteiger partial charge in [-0.15, -0.1) is 0 Å². The standard InChI is InChI=1S/C19H20FNO6/c1-11(10-26-18(24)12-5-7-14(20)8-6-12)27-19(25)15(21)9-13-3-2-4-16(22)17(13)23/h2-8,11,15,22-23H,9-10,21H2,1H3/t11-,15+/m1/s1. The number of hydrogen-bond acceptors (Lipinski definition) is 7. The molecule has 2 atom stereocenters. The summed E-state index contributed by atoms with van der Waals surface area (Å²) in [5, 5.41) is 19.2. The molecule has 0 fully saturated rings. The first-order valence-electron chi connectivity index (χ1n) is 8.16. The Morgan fingerprint density at radius 2 is 1.81 bits per heavy atom. The highest BCUT2D eigenvalue weighted by Crippen LogP contribution is 2.28. The van der Waals surface area contributed by atoms with E-state index in [1.165, 1.54) is 37.3 Å². The quantitative estimate of drug-likeness (QED) is 0.498. The Morgan fingerprint density at radius 1 is 1.15 bits per heavy atom. The lowest BCUT2D eigenvalue weighted by Crippen LogP contribution is -2.37. The van der Waals surface area contributed by atoms with Gasteiger partial charge < -0.3 is 25.4 Å². The maximum atomic E-state index is 12.8. The number of nitrogens with two attached hydrogens (primary N) is 1. The second-order valence-corrected chi connectivity index (χ2v) is 5.95. The summed E-state index contributed by atoms with van der Waals surface area (Å²) >= 11 is 0. The van der Waals surface area contributed by atoms with E-state index in [1.54, 1.807) is 0 Å². The molecule has 2 aromatic rings. The van der Waals surface area contributed by atoms with Crippen molar-refractivity contribution in [2.75, 3.05) is 6.61 Å². The molecule has 8 heteroatoms. The van der Waals surface area contributed by atoms with Gasteiger partial charge in [0.2, 0.25) is 0 Å². The minimum Gasteiger partial charge on any atom is -0.504 e. The second kappa shape index (κ2) is 9.00. The molecule has 0 amide bonds. The summed E-state index contributed by atoms with van der Waals surface area (Å²) in [6, 6.07) is 8.10. The molecule has 0 bridgehead atoms. The van der Waals surface area contributed by atoms with E-state index in [2.05, 4.69) is 0 Å². The average Bonchev–Trinajstić information content (AvgIpc) is 2.64. The van der Waals surface area contributed by atoms with Gasteiger partial charge in [-0.25, -0.2) is 9.18 Å². The zero-order chi connectivity index (χ0) is 20.0. The molecular formula is C19H20FNO6. The summed E-state index contributed by atoms with van der Waals surface area (Å²) in [7, 11) is 0. The third kappa shape index (κ3) is 5.68. The summed E-state index contributed by atoms with van der Waals surface area (Å²) in [6.07, 6.45) is -0.799. The first-order valence-corrected chi connectivity index (χ1v) is 8.16. The molecule has 0 spiro atoms. The van der Waals surface area contributed by atoms with Crippen molar-refractivity contribution in [3.63, 3.8) is 0 Å². The Bertz CT molecular complexity index is 808. The normalized spacial score (nSPS) is 12.9. The number of rotatable bonds is 7. The van der Waals surface area contributed by atoms with E-state index >= 15 is 0 Å². The van der Waals surface area contributed by atoms with Gasteiger partial charge in [-0.3, -0.25) is 4.79 Å². The maximum Gasteiger partial charge on any atom is 0.338 e. The van der Waals surface area contributed by atoms with Crippen LogP contribution in [-0.4, -0.2) is 40.9 Å². The predicted octanol–water partition coefficient (Wildman–Crippen LogP) is 1.90. The van der Waals surface area contributed by atoms with Gasteiger partial charge in [-0.05, 0) is 42.8 Å². The van der Waals surface area contributed by atoms with Crippen molar-refractivity contribution in [2.45, 2.75) is 25.5 Å². The van der Waals surface area contributed by atoms with Crippen LogP contribution in [0.3, 0.4) is 0 Å². The topological polar surface area (TPSA) is 119 Å². The maximum absolute atomic E-state index is 12.8. The lowest BCUT2D eigenvalue weighted by molar-refractivity contribution is -0.151. The number of benzene rings is 2. The molecule has 0 aromatic heterocycles. The molecule has 0 radical (unpaired) electrons. The molecule has 0 saturated heterocycles. The zero-order valence-electron chi connectivity index (χ0n) is 14.6. The molecule has 0 aliphatic carbocycles. The van der Waals surface area contributed by atoms with Gasteiger partial charge in [0.15, 0.2) is 11.5 Å². The number of halogens is 1. The summed E-state index contributed by atoms with van der Waals surface area (Å²) in [4.78, 5) is 23.9. The molecule has 4 N–H and O–H groups in total. The van der Waals surface area contributed by atoms with Gasteiger partial charge in [0.1, 0.15) is 24.6 Å². The van der Waals surface area contributed by atoms with Crippen molar-refractivity contribution in [1.29, 1.82) is 0 Å². The smallest absolute Gasteiger partial charge is 0.338 e. The largest absolute Gasteiger partial charge is 0.504 e.